The van der Waals surface area contributed by atoms with Crippen LogP contribution in [0.4, 0.5) is 17.3 Å². The molecule has 1 N–H and O–H groups in total. The van der Waals surface area contributed by atoms with Crippen LogP contribution in [0.25, 0.3) is 22.2 Å². The number of carbonyl (C=O) groups is 1. The Balaban J connectivity index is 1.18. The molecule has 4 aromatic carbocycles. The first-order valence-corrected chi connectivity index (χ1v) is 13.0. The van der Waals surface area contributed by atoms with Gasteiger partial charge in [-0.25, -0.2) is 9.97 Å². The number of rotatable bonds is 5. The number of halogens is 1. The predicted octanol–water partition coefficient (Wildman–Crippen LogP) is 6.66. The highest BCUT2D eigenvalue weighted by atomic mass is 35.5. The summed E-state index contributed by atoms with van der Waals surface area (Å²) in [6.07, 6.45) is 0. The number of hydrogen-bond acceptors (Lipinski definition) is 5. The fourth-order valence-corrected chi connectivity index (χ4v) is 4.96. The van der Waals surface area contributed by atoms with Crippen molar-refractivity contribution >= 4 is 45.7 Å². The Bertz CT molecular complexity index is 1570. The van der Waals surface area contributed by atoms with Crippen LogP contribution in [-0.4, -0.2) is 47.0 Å². The van der Waals surface area contributed by atoms with Crippen LogP contribution in [0.5, 0.6) is 0 Å². The Morgan fingerprint density at radius 1 is 0.763 bits per heavy atom. The topological polar surface area (TPSA) is 61.4 Å². The lowest BCUT2D eigenvalue weighted by molar-refractivity contribution is 0.0747. The summed E-state index contributed by atoms with van der Waals surface area (Å²) in [5.74, 6) is 0.532. The first-order valence-electron chi connectivity index (χ1n) is 12.6. The Morgan fingerprint density at radius 3 is 2.16 bits per heavy atom. The van der Waals surface area contributed by atoms with E-state index in [0.717, 1.165) is 40.9 Å². The van der Waals surface area contributed by atoms with Gasteiger partial charge in [0, 0.05) is 59.1 Å². The minimum atomic E-state index is 0.0504. The number of nitrogens with zero attached hydrogens (tertiary/aromatic N) is 4. The number of hydrogen-bond donors (Lipinski definition) is 1. The number of benzene rings is 4. The van der Waals surface area contributed by atoms with E-state index in [4.69, 9.17) is 21.6 Å². The number of nitrogens with one attached hydrogen (secondary N) is 1. The average Bonchev–Trinajstić information content (AvgIpc) is 2.98. The standard InChI is InChI=1S/C31H26ClN5O/c32-24-13-16-28-27(21-24)29(22-7-3-1-4-8-22)35-31(34-28)33-25-14-11-23(12-15-25)30(38)37-19-17-36(18-20-37)26-9-5-2-6-10-26/h1-16,21H,17-20H2,(H,33,34,35). The molecule has 1 saturated heterocycles. The highest BCUT2D eigenvalue weighted by Crippen LogP contribution is 2.30. The van der Waals surface area contributed by atoms with Gasteiger partial charge in [0.1, 0.15) is 0 Å². The Labute approximate surface area is 226 Å². The lowest BCUT2D eigenvalue weighted by Crippen LogP contribution is -2.48. The molecular weight excluding hydrogens is 494 g/mol. The molecule has 2 heterocycles. The van der Waals surface area contributed by atoms with Gasteiger partial charge in [-0.05, 0) is 54.6 Å². The van der Waals surface area contributed by atoms with Gasteiger partial charge in [-0.2, -0.15) is 0 Å². The van der Waals surface area contributed by atoms with E-state index in [1.807, 2.05) is 95.9 Å². The molecule has 1 aliphatic rings. The quantitative estimate of drug-likeness (QED) is 0.281. The maximum atomic E-state index is 13.1. The number of amides is 1. The minimum Gasteiger partial charge on any atom is -0.368 e. The zero-order chi connectivity index (χ0) is 25.9. The molecule has 1 amide bonds. The lowest BCUT2D eigenvalue weighted by atomic mass is 10.1. The van der Waals surface area contributed by atoms with Crippen LogP contribution in [0.3, 0.4) is 0 Å². The van der Waals surface area contributed by atoms with Crippen LogP contribution in [0.2, 0.25) is 5.02 Å². The van der Waals surface area contributed by atoms with E-state index in [-0.39, 0.29) is 5.91 Å². The van der Waals surface area contributed by atoms with E-state index in [1.54, 1.807) is 0 Å². The molecule has 1 aromatic heterocycles. The smallest absolute Gasteiger partial charge is 0.253 e. The van der Waals surface area contributed by atoms with E-state index in [0.29, 0.717) is 29.6 Å². The van der Waals surface area contributed by atoms with Crippen molar-refractivity contribution in [1.29, 1.82) is 0 Å². The van der Waals surface area contributed by atoms with Crippen molar-refractivity contribution in [3.63, 3.8) is 0 Å². The van der Waals surface area contributed by atoms with Gasteiger partial charge >= 0.3 is 0 Å². The third-order valence-electron chi connectivity index (χ3n) is 6.78. The van der Waals surface area contributed by atoms with Crippen molar-refractivity contribution in [1.82, 2.24) is 14.9 Å². The molecule has 0 saturated carbocycles. The van der Waals surface area contributed by atoms with Gasteiger partial charge < -0.3 is 15.1 Å². The monoisotopic (exact) mass is 519 g/mol. The fourth-order valence-electron chi connectivity index (χ4n) is 4.79. The van der Waals surface area contributed by atoms with Crippen LogP contribution >= 0.6 is 11.6 Å². The van der Waals surface area contributed by atoms with Gasteiger partial charge in [0.05, 0.1) is 11.2 Å². The number of fused-ring (bicyclic) bond motifs is 1. The number of carbonyl (C=O) groups excluding carboxylic acids is 1. The van der Waals surface area contributed by atoms with Crippen molar-refractivity contribution in [2.24, 2.45) is 0 Å². The molecular formula is C31H26ClN5O. The third-order valence-corrected chi connectivity index (χ3v) is 7.02. The molecule has 6 rings (SSSR count). The summed E-state index contributed by atoms with van der Waals surface area (Å²) in [7, 11) is 0. The molecule has 5 aromatic rings. The summed E-state index contributed by atoms with van der Waals surface area (Å²) >= 11 is 6.27. The SMILES string of the molecule is O=C(c1ccc(Nc2nc(-c3ccccc3)c3cc(Cl)ccc3n2)cc1)N1CCN(c2ccccc2)CC1. The normalized spacial score (nSPS) is 13.5. The molecule has 188 valence electrons. The molecule has 38 heavy (non-hydrogen) atoms. The predicted molar refractivity (Wildman–Crippen MR) is 154 cm³/mol. The molecule has 0 unspecified atom stereocenters. The van der Waals surface area contributed by atoms with Crippen LogP contribution in [-0.2, 0) is 0 Å². The largest absolute Gasteiger partial charge is 0.368 e. The summed E-state index contributed by atoms with van der Waals surface area (Å²) in [5, 5.41) is 4.83. The van der Waals surface area contributed by atoms with Crippen molar-refractivity contribution in [3.8, 4) is 11.3 Å². The number of piperazine rings is 1. The van der Waals surface area contributed by atoms with E-state index >= 15 is 0 Å². The summed E-state index contributed by atoms with van der Waals surface area (Å²) in [6, 6.07) is 33.4. The van der Waals surface area contributed by atoms with E-state index in [9.17, 15) is 4.79 Å². The molecule has 0 spiro atoms. The molecule has 1 fully saturated rings. The van der Waals surface area contributed by atoms with Crippen LogP contribution < -0.4 is 10.2 Å². The summed E-state index contributed by atoms with van der Waals surface area (Å²) in [4.78, 5) is 26.9. The van der Waals surface area contributed by atoms with Crippen molar-refractivity contribution in [2.75, 3.05) is 36.4 Å². The zero-order valence-electron chi connectivity index (χ0n) is 20.7. The maximum Gasteiger partial charge on any atom is 0.253 e. The van der Waals surface area contributed by atoms with Gasteiger partial charge in [-0.1, -0.05) is 60.1 Å². The Kier molecular flexibility index (Phi) is 6.63. The van der Waals surface area contributed by atoms with E-state index in [1.165, 1.54) is 5.69 Å². The molecule has 1 aliphatic heterocycles. The van der Waals surface area contributed by atoms with Crippen LogP contribution in [0, 0.1) is 0 Å². The van der Waals surface area contributed by atoms with Crippen LogP contribution in [0.1, 0.15) is 10.4 Å². The number of para-hydroxylation sites is 1. The number of anilines is 3. The molecule has 0 atom stereocenters. The maximum absolute atomic E-state index is 13.1. The number of aromatic nitrogens is 2. The van der Waals surface area contributed by atoms with Crippen LogP contribution in [0.15, 0.2) is 103 Å². The molecule has 0 radical (unpaired) electrons. The van der Waals surface area contributed by atoms with Gasteiger partial charge in [-0.15, -0.1) is 0 Å². The third kappa shape index (κ3) is 5.04. The van der Waals surface area contributed by atoms with Gasteiger partial charge in [0.25, 0.3) is 5.91 Å². The van der Waals surface area contributed by atoms with Crippen molar-refractivity contribution in [2.45, 2.75) is 0 Å². The average molecular weight is 520 g/mol. The first kappa shape index (κ1) is 23.9. The summed E-state index contributed by atoms with van der Waals surface area (Å²) in [6.45, 7) is 3.04. The second-order valence-corrected chi connectivity index (χ2v) is 9.68. The summed E-state index contributed by atoms with van der Waals surface area (Å²) in [5.41, 5.74) is 5.27. The van der Waals surface area contributed by atoms with Gasteiger partial charge in [0.2, 0.25) is 5.95 Å². The van der Waals surface area contributed by atoms with Gasteiger partial charge in [0.15, 0.2) is 0 Å². The lowest BCUT2D eigenvalue weighted by Gasteiger charge is -2.36. The van der Waals surface area contributed by atoms with Crippen molar-refractivity contribution in [3.05, 3.63) is 114 Å². The van der Waals surface area contributed by atoms with E-state index in [2.05, 4.69) is 22.3 Å². The molecule has 0 aliphatic carbocycles. The molecule has 7 heteroatoms. The molecule has 6 nitrogen and oxygen atoms in total. The highest BCUT2D eigenvalue weighted by Gasteiger charge is 2.22. The second-order valence-electron chi connectivity index (χ2n) is 9.24. The fraction of sp³-hybridized carbons (Fsp3) is 0.129. The first-order chi connectivity index (χ1) is 18.6. The Hall–Kier alpha value is -4.42. The summed E-state index contributed by atoms with van der Waals surface area (Å²) < 4.78 is 0. The second kappa shape index (κ2) is 10.5. The zero-order valence-corrected chi connectivity index (χ0v) is 21.5. The van der Waals surface area contributed by atoms with E-state index < -0.39 is 0 Å². The van der Waals surface area contributed by atoms with Crippen molar-refractivity contribution < 1.29 is 4.79 Å². The van der Waals surface area contributed by atoms with Gasteiger partial charge in [-0.3, -0.25) is 4.79 Å². The highest BCUT2D eigenvalue weighted by molar-refractivity contribution is 6.31. The molecule has 0 bridgehead atoms. The Morgan fingerprint density at radius 2 is 1.45 bits per heavy atom. The minimum absolute atomic E-state index is 0.0504.